The average molecular weight is 998 g/mol. The van der Waals surface area contributed by atoms with Crippen molar-refractivity contribution in [3.8, 4) is 0 Å². The van der Waals surface area contributed by atoms with E-state index < -0.39 is 67.4 Å². The van der Waals surface area contributed by atoms with Crippen LogP contribution in [0.1, 0.15) is 220 Å². The number of nitrogens with one attached hydrogen (secondary N) is 1. The van der Waals surface area contributed by atoms with Gasteiger partial charge in [0.15, 0.2) is 12.4 Å². The molecule has 0 aromatic carbocycles. The van der Waals surface area contributed by atoms with Crippen LogP contribution in [0.25, 0.3) is 0 Å². The van der Waals surface area contributed by atoms with E-state index >= 15 is 0 Å². The number of carbonyl (C=O) groups is 2. The molecule has 1 aliphatic rings. The van der Waals surface area contributed by atoms with Crippen LogP contribution >= 0.6 is 0 Å². The number of hydrogen-bond donors (Lipinski definition) is 6. The zero-order chi connectivity index (χ0) is 51.8. The summed E-state index contributed by atoms with van der Waals surface area (Å²) in [6.07, 6.45) is 50.5. The first-order valence-electron chi connectivity index (χ1n) is 28.4. The molecule has 1 fully saturated rings. The van der Waals surface area contributed by atoms with Gasteiger partial charge in [0.05, 0.1) is 25.4 Å². The molecule has 0 aliphatic carbocycles. The molecule has 408 valence electrons. The van der Waals surface area contributed by atoms with E-state index in [0.29, 0.717) is 12.8 Å². The monoisotopic (exact) mass is 998 g/mol. The van der Waals surface area contributed by atoms with Crippen LogP contribution in [0.15, 0.2) is 85.1 Å². The Morgan fingerprint density at radius 3 is 1.66 bits per heavy atom. The van der Waals surface area contributed by atoms with Crippen LogP contribution in [0.4, 0.5) is 0 Å². The van der Waals surface area contributed by atoms with E-state index in [2.05, 4.69) is 62.5 Å². The maximum atomic E-state index is 13.4. The molecule has 0 saturated carbocycles. The Labute approximate surface area is 432 Å². The number of rotatable bonds is 46. The predicted octanol–water partition coefficient (Wildman–Crippen LogP) is 12.6. The molecule has 71 heavy (non-hydrogen) atoms. The number of carbonyl (C=O) groups excluding carboxylic acids is 2. The molecule has 0 radical (unpaired) electrons. The molecule has 11 heteroatoms. The summed E-state index contributed by atoms with van der Waals surface area (Å²) in [6.45, 7) is 5.57. The number of aliphatic hydroxyl groups excluding tert-OH is 5. The number of hydrogen-bond acceptors (Lipinski definition) is 10. The largest absolute Gasteiger partial charge is 0.454 e. The van der Waals surface area contributed by atoms with Crippen LogP contribution in [-0.2, 0) is 23.8 Å². The molecule has 8 atom stereocenters. The van der Waals surface area contributed by atoms with Crippen molar-refractivity contribution in [2.24, 2.45) is 0 Å². The number of allylic oxidation sites excluding steroid dienone is 13. The second-order valence-corrected chi connectivity index (χ2v) is 19.4. The minimum absolute atomic E-state index is 0.0729. The molecule has 1 heterocycles. The van der Waals surface area contributed by atoms with Gasteiger partial charge < -0.3 is 45.1 Å². The minimum Gasteiger partial charge on any atom is -0.454 e. The smallest absolute Gasteiger partial charge is 0.306 e. The van der Waals surface area contributed by atoms with E-state index in [1.54, 1.807) is 6.08 Å². The van der Waals surface area contributed by atoms with Crippen LogP contribution in [0.3, 0.4) is 0 Å². The van der Waals surface area contributed by atoms with Crippen LogP contribution in [0.2, 0.25) is 0 Å². The third kappa shape index (κ3) is 36.4. The molecular weight excluding hydrogens is 895 g/mol. The van der Waals surface area contributed by atoms with Gasteiger partial charge in [-0.1, -0.05) is 221 Å². The van der Waals surface area contributed by atoms with Crippen LogP contribution < -0.4 is 5.32 Å². The second-order valence-electron chi connectivity index (χ2n) is 19.4. The summed E-state index contributed by atoms with van der Waals surface area (Å²) in [5.41, 5.74) is 0. The van der Waals surface area contributed by atoms with Gasteiger partial charge in [-0.05, 0) is 77.0 Å². The highest BCUT2D eigenvalue weighted by Gasteiger charge is 2.47. The van der Waals surface area contributed by atoms with Crippen molar-refractivity contribution in [2.75, 3.05) is 13.2 Å². The first kappa shape index (κ1) is 65.9. The van der Waals surface area contributed by atoms with Crippen LogP contribution in [0, 0.1) is 0 Å². The molecule has 0 bridgehead atoms. The predicted molar refractivity (Wildman–Crippen MR) is 292 cm³/mol. The third-order valence-corrected chi connectivity index (χ3v) is 12.9. The van der Waals surface area contributed by atoms with E-state index in [4.69, 9.17) is 14.2 Å². The van der Waals surface area contributed by atoms with E-state index in [1.165, 1.54) is 83.5 Å². The maximum Gasteiger partial charge on any atom is 0.306 e. The van der Waals surface area contributed by atoms with Gasteiger partial charge in [-0.2, -0.15) is 0 Å². The summed E-state index contributed by atoms with van der Waals surface area (Å²) in [5, 5.41) is 56.8. The maximum absolute atomic E-state index is 13.4. The topological polar surface area (TPSA) is 175 Å². The second kappa shape index (κ2) is 47.8. The molecular formula is C60H103NO10. The van der Waals surface area contributed by atoms with E-state index in [9.17, 15) is 35.1 Å². The standard InChI is InChI=1S/C60H103NO10/c1-4-7-10-13-16-19-22-25-26-27-30-32-35-38-41-44-47-53(64)59(68)61-51(52(63)46-43-40-37-34-31-28-23-20-17-14-11-8-5-2)50-69-60-58(57(67)56(66)54(49-62)70-60)71-55(65)48-45-42-39-36-33-29-24-21-18-15-12-9-6-3/h9,12,15-16,18-19,21,24-26,29,33,43,46,51-54,56-58,60,62-64,66-67H,4-8,10-11,13-14,17,20,22-23,27-28,30-32,34-42,44-45,47-50H2,1-3H3,(H,61,68)/b12-9+,18-15+,19-16-,24-21-,26-25-,33-29-,46-43+. The minimum atomic E-state index is -1.63. The van der Waals surface area contributed by atoms with Crippen molar-refractivity contribution in [1.29, 1.82) is 0 Å². The lowest BCUT2D eigenvalue weighted by molar-refractivity contribution is -0.305. The SMILES string of the molecule is CC/C=C/C=C/C=C\C=C/CCCCCC(=O)OC1C(OCC(NC(=O)C(O)CCCCCCCC/C=C\C/C=C\CCCCC)C(O)/C=C/CCCCCCCCCCCCC)OC(CO)C(O)C1O. The van der Waals surface area contributed by atoms with Crippen molar-refractivity contribution in [3.63, 3.8) is 0 Å². The fourth-order valence-corrected chi connectivity index (χ4v) is 8.34. The summed E-state index contributed by atoms with van der Waals surface area (Å²) < 4.78 is 17.5. The lowest BCUT2D eigenvalue weighted by atomic mass is 9.99. The van der Waals surface area contributed by atoms with E-state index in [-0.39, 0.29) is 19.4 Å². The molecule has 1 amide bonds. The molecule has 8 unspecified atom stereocenters. The Kier molecular flexibility index (Phi) is 44.4. The zero-order valence-corrected chi connectivity index (χ0v) is 44.8. The highest BCUT2D eigenvalue weighted by molar-refractivity contribution is 5.80. The number of esters is 1. The Morgan fingerprint density at radius 2 is 1.07 bits per heavy atom. The summed E-state index contributed by atoms with van der Waals surface area (Å²) in [6, 6.07) is -1.04. The lowest BCUT2D eigenvalue weighted by Gasteiger charge is -2.41. The highest BCUT2D eigenvalue weighted by atomic mass is 16.7. The molecule has 0 aromatic rings. The summed E-state index contributed by atoms with van der Waals surface area (Å²) in [4.78, 5) is 26.4. The van der Waals surface area contributed by atoms with E-state index in [0.717, 1.165) is 89.9 Å². The van der Waals surface area contributed by atoms with E-state index in [1.807, 2.05) is 42.5 Å². The number of amides is 1. The molecule has 1 rings (SSSR count). The molecule has 1 saturated heterocycles. The van der Waals surface area contributed by atoms with Crippen LogP contribution in [0.5, 0.6) is 0 Å². The first-order valence-corrected chi connectivity index (χ1v) is 28.4. The summed E-state index contributed by atoms with van der Waals surface area (Å²) in [5.74, 6) is -1.25. The molecule has 1 aliphatic heterocycles. The van der Waals surface area contributed by atoms with Crippen molar-refractivity contribution in [3.05, 3.63) is 85.1 Å². The third-order valence-electron chi connectivity index (χ3n) is 12.9. The van der Waals surface area contributed by atoms with Gasteiger partial charge >= 0.3 is 5.97 Å². The van der Waals surface area contributed by atoms with Crippen molar-refractivity contribution in [2.45, 2.75) is 269 Å². The molecule has 0 aromatic heterocycles. The van der Waals surface area contributed by atoms with Crippen molar-refractivity contribution in [1.82, 2.24) is 5.32 Å². The van der Waals surface area contributed by atoms with Gasteiger partial charge in [0.2, 0.25) is 5.91 Å². The Bertz CT molecular complexity index is 1470. The van der Waals surface area contributed by atoms with Gasteiger partial charge in [-0.25, -0.2) is 0 Å². The Balaban J connectivity index is 2.78. The quantitative estimate of drug-likeness (QED) is 0.0149. The fraction of sp³-hybridized carbons (Fsp3) is 0.733. The van der Waals surface area contributed by atoms with Crippen molar-refractivity contribution < 1.29 is 49.3 Å². The average Bonchev–Trinajstić information content (AvgIpc) is 3.37. The number of ether oxygens (including phenoxy) is 3. The molecule has 0 spiro atoms. The normalized spacial score (nSPS) is 20.3. The van der Waals surface area contributed by atoms with Crippen LogP contribution in [-0.4, -0.2) is 99.6 Å². The highest BCUT2D eigenvalue weighted by Crippen LogP contribution is 2.26. The summed E-state index contributed by atoms with van der Waals surface area (Å²) in [7, 11) is 0. The van der Waals surface area contributed by atoms with Gasteiger partial charge in [-0.15, -0.1) is 0 Å². The molecule has 6 N–H and O–H groups in total. The van der Waals surface area contributed by atoms with Crippen molar-refractivity contribution >= 4 is 11.9 Å². The van der Waals surface area contributed by atoms with Gasteiger partial charge in [-0.3, -0.25) is 9.59 Å². The van der Waals surface area contributed by atoms with Gasteiger partial charge in [0.1, 0.15) is 24.4 Å². The fourth-order valence-electron chi connectivity index (χ4n) is 8.34. The Morgan fingerprint density at radius 1 is 0.577 bits per heavy atom. The Hall–Kier alpha value is -3.16. The number of aliphatic hydroxyl groups is 5. The zero-order valence-electron chi connectivity index (χ0n) is 44.8. The van der Waals surface area contributed by atoms with Gasteiger partial charge in [0, 0.05) is 6.42 Å². The number of unbranched alkanes of at least 4 members (excludes halogenated alkanes) is 23. The first-order chi connectivity index (χ1) is 34.7. The van der Waals surface area contributed by atoms with Gasteiger partial charge in [0.25, 0.3) is 0 Å². The summed E-state index contributed by atoms with van der Waals surface area (Å²) >= 11 is 0. The lowest BCUT2D eigenvalue weighted by Crippen LogP contribution is -2.61. The molecule has 11 nitrogen and oxygen atoms in total.